The molecule has 0 amide bonds. The van der Waals surface area contributed by atoms with E-state index in [-0.39, 0.29) is 12.6 Å². The Morgan fingerprint density at radius 1 is 0.944 bits per heavy atom. The molecule has 0 atom stereocenters. The molecule has 2 rings (SSSR count). The van der Waals surface area contributed by atoms with E-state index in [0.717, 1.165) is 5.56 Å². The maximum atomic E-state index is 11.6. The van der Waals surface area contributed by atoms with E-state index in [1.54, 1.807) is 24.3 Å². The molecule has 2 aromatic rings. The summed E-state index contributed by atoms with van der Waals surface area (Å²) in [6, 6.07) is 18.5. The first-order valence-corrected chi connectivity index (χ1v) is 5.62. The average molecular weight is 236 g/mol. The molecule has 2 aromatic carbocycles. The summed E-state index contributed by atoms with van der Waals surface area (Å²) in [5.74, 6) is 5.38. The lowest BCUT2D eigenvalue weighted by Crippen LogP contribution is -2.04. The van der Waals surface area contributed by atoms with Crippen molar-refractivity contribution in [2.75, 3.05) is 6.61 Å². The highest BCUT2D eigenvalue weighted by Crippen LogP contribution is 2.00. The van der Waals surface area contributed by atoms with Crippen molar-refractivity contribution in [3.63, 3.8) is 0 Å². The van der Waals surface area contributed by atoms with Crippen LogP contribution in [0.25, 0.3) is 0 Å². The van der Waals surface area contributed by atoms with Crippen molar-refractivity contribution in [3.05, 3.63) is 71.8 Å². The Labute approximate surface area is 106 Å². The molecule has 0 unspecified atom stereocenters. The molecule has 0 aliphatic carbocycles. The number of ether oxygens (including phenoxy) is 1. The maximum Gasteiger partial charge on any atom is 0.339 e. The van der Waals surface area contributed by atoms with Crippen LogP contribution in [0.15, 0.2) is 60.7 Å². The third kappa shape index (κ3) is 3.50. The smallest absolute Gasteiger partial charge is 0.339 e. The highest BCUT2D eigenvalue weighted by molar-refractivity contribution is 5.89. The largest absolute Gasteiger partial charge is 0.449 e. The molecule has 0 bridgehead atoms. The molecule has 0 fully saturated rings. The van der Waals surface area contributed by atoms with Crippen molar-refractivity contribution in [2.45, 2.75) is 0 Å². The summed E-state index contributed by atoms with van der Waals surface area (Å²) in [5.41, 5.74) is 1.45. The number of hydrogen-bond donors (Lipinski definition) is 0. The monoisotopic (exact) mass is 236 g/mol. The second-order valence-electron chi connectivity index (χ2n) is 3.61. The van der Waals surface area contributed by atoms with Crippen LogP contribution in [0.5, 0.6) is 0 Å². The van der Waals surface area contributed by atoms with Gasteiger partial charge >= 0.3 is 5.97 Å². The zero-order valence-corrected chi connectivity index (χ0v) is 9.80. The van der Waals surface area contributed by atoms with Crippen LogP contribution < -0.4 is 0 Å². The summed E-state index contributed by atoms with van der Waals surface area (Å²) in [7, 11) is 0. The third-order valence-corrected chi connectivity index (χ3v) is 2.29. The van der Waals surface area contributed by atoms with Gasteiger partial charge in [-0.2, -0.15) is 0 Å². The van der Waals surface area contributed by atoms with Gasteiger partial charge in [-0.1, -0.05) is 48.2 Å². The first-order chi connectivity index (χ1) is 8.86. The zero-order chi connectivity index (χ0) is 12.6. The van der Waals surface area contributed by atoms with Gasteiger partial charge < -0.3 is 4.74 Å². The maximum absolute atomic E-state index is 11.6. The molecule has 0 radical (unpaired) electrons. The van der Waals surface area contributed by atoms with E-state index in [9.17, 15) is 4.79 Å². The number of carbonyl (C=O) groups is 1. The number of hydrogen-bond acceptors (Lipinski definition) is 2. The molecule has 0 N–H and O–H groups in total. The fourth-order valence-electron chi connectivity index (χ4n) is 1.42. The molecule has 0 saturated heterocycles. The van der Waals surface area contributed by atoms with Gasteiger partial charge in [0.2, 0.25) is 0 Å². The van der Waals surface area contributed by atoms with E-state index in [1.165, 1.54) is 0 Å². The Morgan fingerprint density at radius 2 is 1.56 bits per heavy atom. The van der Waals surface area contributed by atoms with E-state index >= 15 is 0 Å². The van der Waals surface area contributed by atoms with Crippen molar-refractivity contribution in [1.82, 2.24) is 0 Å². The van der Waals surface area contributed by atoms with Crippen LogP contribution in [-0.2, 0) is 4.74 Å². The molecule has 88 valence electrons. The van der Waals surface area contributed by atoms with Crippen LogP contribution in [0.3, 0.4) is 0 Å². The highest BCUT2D eigenvalue weighted by Gasteiger charge is 2.03. The van der Waals surface area contributed by atoms with E-state index < -0.39 is 0 Å². The highest BCUT2D eigenvalue weighted by atomic mass is 16.5. The number of benzene rings is 2. The van der Waals surface area contributed by atoms with E-state index in [2.05, 4.69) is 11.8 Å². The Kier molecular flexibility index (Phi) is 4.16. The Morgan fingerprint density at radius 3 is 2.22 bits per heavy atom. The lowest BCUT2D eigenvalue weighted by Gasteiger charge is -1.99. The minimum atomic E-state index is -0.349. The van der Waals surface area contributed by atoms with Crippen molar-refractivity contribution in [1.29, 1.82) is 0 Å². The van der Waals surface area contributed by atoms with Crippen LogP contribution >= 0.6 is 0 Å². The Bertz CT molecular complexity index is 562. The molecule has 0 saturated carbocycles. The summed E-state index contributed by atoms with van der Waals surface area (Å²) in [4.78, 5) is 11.6. The standard InChI is InChI=1S/C16H12O2/c17-16(15-11-5-2-6-12-15)18-13-7-10-14-8-3-1-4-9-14/h1-6,8-9,11-12H,13H2. The minimum Gasteiger partial charge on any atom is -0.449 e. The SMILES string of the molecule is O=C(OCC#Cc1ccccc1)c1ccccc1. The van der Waals surface area contributed by atoms with Crippen molar-refractivity contribution >= 4 is 5.97 Å². The summed E-state index contributed by atoms with van der Waals surface area (Å²) >= 11 is 0. The van der Waals surface area contributed by atoms with Gasteiger partial charge in [0.25, 0.3) is 0 Å². The van der Waals surface area contributed by atoms with Gasteiger partial charge in [-0.15, -0.1) is 0 Å². The van der Waals surface area contributed by atoms with Crippen LogP contribution in [0.4, 0.5) is 0 Å². The fourth-order valence-corrected chi connectivity index (χ4v) is 1.42. The van der Waals surface area contributed by atoms with Gasteiger partial charge in [0.1, 0.15) is 0 Å². The second kappa shape index (κ2) is 6.27. The molecule has 18 heavy (non-hydrogen) atoms. The molecule has 0 aliphatic heterocycles. The van der Waals surface area contributed by atoms with Crippen molar-refractivity contribution < 1.29 is 9.53 Å². The summed E-state index contributed by atoms with van der Waals surface area (Å²) < 4.78 is 5.04. The molecule has 2 nitrogen and oxygen atoms in total. The van der Waals surface area contributed by atoms with Gasteiger partial charge in [0, 0.05) is 5.56 Å². The lowest BCUT2D eigenvalue weighted by molar-refractivity contribution is 0.0556. The quantitative estimate of drug-likeness (QED) is 0.592. The summed E-state index contributed by atoms with van der Waals surface area (Å²) in [5, 5.41) is 0. The van der Waals surface area contributed by atoms with E-state index in [0.29, 0.717) is 5.56 Å². The van der Waals surface area contributed by atoms with Gasteiger partial charge in [-0.05, 0) is 24.3 Å². The molecular weight excluding hydrogens is 224 g/mol. The first kappa shape index (κ1) is 11.9. The molecule has 2 heteroatoms. The van der Waals surface area contributed by atoms with Crippen molar-refractivity contribution in [2.24, 2.45) is 0 Å². The third-order valence-electron chi connectivity index (χ3n) is 2.29. The Balaban J connectivity index is 1.87. The first-order valence-electron chi connectivity index (χ1n) is 5.62. The molecule has 0 spiro atoms. The predicted octanol–water partition coefficient (Wildman–Crippen LogP) is 2.90. The average Bonchev–Trinajstić information content (AvgIpc) is 2.45. The number of esters is 1. The zero-order valence-electron chi connectivity index (χ0n) is 9.80. The van der Waals surface area contributed by atoms with E-state index in [4.69, 9.17) is 4.74 Å². The van der Waals surface area contributed by atoms with Crippen LogP contribution in [0.1, 0.15) is 15.9 Å². The van der Waals surface area contributed by atoms with Crippen LogP contribution in [0, 0.1) is 11.8 Å². The lowest BCUT2D eigenvalue weighted by atomic mass is 10.2. The summed E-state index contributed by atoms with van der Waals surface area (Å²) in [6.45, 7) is 0.0998. The minimum absolute atomic E-state index is 0.0998. The van der Waals surface area contributed by atoms with Gasteiger partial charge in [-0.25, -0.2) is 4.79 Å². The Hall–Kier alpha value is -2.53. The van der Waals surface area contributed by atoms with Crippen LogP contribution in [-0.4, -0.2) is 12.6 Å². The fraction of sp³-hybridized carbons (Fsp3) is 0.0625. The van der Waals surface area contributed by atoms with Crippen LogP contribution in [0.2, 0.25) is 0 Å². The normalized spacial score (nSPS) is 9.11. The van der Waals surface area contributed by atoms with Gasteiger partial charge in [0.15, 0.2) is 6.61 Å². The molecular formula is C16H12O2. The number of carbonyl (C=O) groups excluding carboxylic acids is 1. The molecule has 0 aromatic heterocycles. The van der Waals surface area contributed by atoms with Gasteiger partial charge in [-0.3, -0.25) is 0 Å². The molecule has 0 heterocycles. The van der Waals surface area contributed by atoms with Crippen molar-refractivity contribution in [3.8, 4) is 11.8 Å². The topological polar surface area (TPSA) is 26.3 Å². The van der Waals surface area contributed by atoms with E-state index in [1.807, 2.05) is 36.4 Å². The van der Waals surface area contributed by atoms with Gasteiger partial charge in [0.05, 0.1) is 5.56 Å². The second-order valence-corrected chi connectivity index (χ2v) is 3.61. The number of rotatable bonds is 2. The summed E-state index contributed by atoms with van der Waals surface area (Å²) in [6.07, 6.45) is 0. The predicted molar refractivity (Wildman–Crippen MR) is 70.0 cm³/mol. The molecule has 0 aliphatic rings.